The van der Waals surface area contributed by atoms with Crippen LogP contribution in [0.15, 0.2) is 23.4 Å². The molecule has 0 aromatic carbocycles. The number of nitrogens with two attached hydrogens (primary N) is 1. The Hall–Kier alpha value is -1.10. The minimum absolute atomic E-state index is 0.240. The predicted molar refractivity (Wildman–Crippen MR) is 71.8 cm³/mol. The van der Waals surface area contributed by atoms with Gasteiger partial charge in [0.2, 0.25) is 0 Å². The van der Waals surface area contributed by atoms with Gasteiger partial charge in [0.15, 0.2) is 9.84 Å². The molecule has 100 valence electrons. The van der Waals surface area contributed by atoms with E-state index < -0.39 is 9.84 Å². The molecule has 2 N–H and O–H groups in total. The van der Waals surface area contributed by atoms with Crippen LogP contribution in [0.3, 0.4) is 0 Å². The molecule has 1 heterocycles. The van der Waals surface area contributed by atoms with Crippen LogP contribution in [0, 0.1) is 11.8 Å². The zero-order valence-corrected chi connectivity index (χ0v) is 11.7. The Morgan fingerprint density at radius 3 is 2.61 bits per heavy atom. The summed E-state index contributed by atoms with van der Waals surface area (Å²) in [6.07, 6.45) is 5.32. The fraction of sp³-hybridized carbons (Fsp3) is 0.615. The Balaban J connectivity index is 2.30. The van der Waals surface area contributed by atoms with Crippen molar-refractivity contribution in [2.75, 3.05) is 5.73 Å². The molecule has 0 radical (unpaired) electrons. The van der Waals surface area contributed by atoms with E-state index in [4.69, 9.17) is 5.73 Å². The maximum atomic E-state index is 12.6. The summed E-state index contributed by atoms with van der Waals surface area (Å²) in [6, 6.07) is 1.51. The second-order valence-corrected chi connectivity index (χ2v) is 7.54. The van der Waals surface area contributed by atoms with E-state index in [-0.39, 0.29) is 15.8 Å². The summed E-state index contributed by atoms with van der Waals surface area (Å²) in [5.41, 5.74) is 5.99. The number of hydrogen-bond acceptors (Lipinski definition) is 4. The molecule has 5 heteroatoms. The van der Waals surface area contributed by atoms with Crippen molar-refractivity contribution in [1.82, 2.24) is 4.98 Å². The quantitative estimate of drug-likeness (QED) is 0.893. The van der Waals surface area contributed by atoms with E-state index in [1.165, 1.54) is 18.5 Å². The molecule has 1 aromatic heterocycles. The van der Waals surface area contributed by atoms with Crippen LogP contribution in [0.4, 0.5) is 5.69 Å². The molecule has 0 aliphatic heterocycles. The van der Waals surface area contributed by atoms with Gasteiger partial charge in [0.25, 0.3) is 0 Å². The standard InChI is InChI=1S/C13H20N2O2S/c1-9-3-4-11(7-10(9)2)18(16,17)13-5-6-15-8-12(13)14/h5-6,8-11H,3-4,7,14H2,1-2H3. The zero-order valence-electron chi connectivity index (χ0n) is 10.8. The van der Waals surface area contributed by atoms with Gasteiger partial charge in [-0.1, -0.05) is 13.8 Å². The molecule has 18 heavy (non-hydrogen) atoms. The lowest BCUT2D eigenvalue weighted by atomic mass is 9.81. The van der Waals surface area contributed by atoms with Crippen LogP contribution in [0.25, 0.3) is 0 Å². The molecule has 0 bridgehead atoms. The van der Waals surface area contributed by atoms with E-state index >= 15 is 0 Å². The van der Waals surface area contributed by atoms with Crippen LogP contribution in [-0.2, 0) is 9.84 Å². The first kappa shape index (κ1) is 13.3. The van der Waals surface area contributed by atoms with Crippen molar-refractivity contribution in [3.05, 3.63) is 18.5 Å². The van der Waals surface area contributed by atoms with E-state index in [0.29, 0.717) is 11.8 Å². The Morgan fingerprint density at radius 2 is 2.00 bits per heavy atom. The van der Waals surface area contributed by atoms with Crippen LogP contribution < -0.4 is 5.73 Å². The topological polar surface area (TPSA) is 73.0 Å². The van der Waals surface area contributed by atoms with Gasteiger partial charge < -0.3 is 5.73 Å². The number of rotatable bonds is 2. The number of aromatic nitrogens is 1. The highest BCUT2D eigenvalue weighted by Crippen LogP contribution is 2.36. The summed E-state index contributed by atoms with van der Waals surface area (Å²) in [7, 11) is -3.31. The second-order valence-electron chi connectivity index (χ2n) is 5.35. The fourth-order valence-corrected chi connectivity index (χ4v) is 4.61. The summed E-state index contributed by atoms with van der Waals surface area (Å²) in [6.45, 7) is 4.32. The summed E-state index contributed by atoms with van der Waals surface area (Å²) in [4.78, 5) is 4.08. The number of hydrogen-bond donors (Lipinski definition) is 1. The van der Waals surface area contributed by atoms with Gasteiger partial charge in [-0.25, -0.2) is 8.42 Å². The van der Waals surface area contributed by atoms with Crippen LogP contribution in [0.2, 0.25) is 0 Å². The largest absolute Gasteiger partial charge is 0.396 e. The van der Waals surface area contributed by atoms with Gasteiger partial charge in [-0.05, 0) is 37.2 Å². The Morgan fingerprint density at radius 1 is 1.28 bits per heavy atom. The van der Waals surface area contributed by atoms with Crippen molar-refractivity contribution in [1.29, 1.82) is 0 Å². The molecule has 1 saturated carbocycles. The van der Waals surface area contributed by atoms with Gasteiger partial charge in [-0.3, -0.25) is 4.98 Å². The Bertz CT molecular complexity index is 528. The first-order valence-corrected chi connectivity index (χ1v) is 7.91. The van der Waals surface area contributed by atoms with Crippen molar-refractivity contribution in [2.24, 2.45) is 11.8 Å². The van der Waals surface area contributed by atoms with Crippen molar-refractivity contribution < 1.29 is 8.42 Å². The molecule has 0 amide bonds. The minimum atomic E-state index is -3.31. The summed E-state index contributed by atoms with van der Waals surface area (Å²) in [5, 5.41) is -0.298. The minimum Gasteiger partial charge on any atom is -0.396 e. The summed E-state index contributed by atoms with van der Waals surface area (Å²) < 4.78 is 25.1. The molecule has 4 nitrogen and oxygen atoms in total. The van der Waals surface area contributed by atoms with E-state index in [1.807, 2.05) is 0 Å². The first-order valence-electron chi connectivity index (χ1n) is 6.36. The molecule has 1 aliphatic rings. The Kier molecular flexibility index (Phi) is 3.61. The predicted octanol–water partition coefficient (Wildman–Crippen LogP) is 2.26. The first-order chi connectivity index (χ1) is 8.43. The highest BCUT2D eigenvalue weighted by molar-refractivity contribution is 7.92. The van der Waals surface area contributed by atoms with Crippen molar-refractivity contribution in [2.45, 2.75) is 43.3 Å². The smallest absolute Gasteiger partial charge is 0.183 e. The maximum absolute atomic E-state index is 12.6. The van der Waals surface area contributed by atoms with E-state index in [9.17, 15) is 8.42 Å². The highest BCUT2D eigenvalue weighted by Gasteiger charge is 2.35. The SMILES string of the molecule is CC1CCC(S(=O)(=O)c2ccncc2N)CC1C. The molecule has 3 atom stereocenters. The lowest BCUT2D eigenvalue weighted by Crippen LogP contribution is -2.31. The molecular formula is C13H20N2O2S. The second kappa shape index (κ2) is 4.88. The number of nitrogen functional groups attached to an aromatic ring is 1. The molecule has 3 unspecified atom stereocenters. The molecule has 2 rings (SSSR count). The average Bonchev–Trinajstić information content (AvgIpc) is 2.33. The van der Waals surface area contributed by atoms with Gasteiger partial charge in [0.05, 0.1) is 22.0 Å². The monoisotopic (exact) mass is 268 g/mol. The Labute approximate surface area is 109 Å². The zero-order chi connectivity index (χ0) is 13.3. The van der Waals surface area contributed by atoms with Crippen molar-refractivity contribution in [3.8, 4) is 0 Å². The van der Waals surface area contributed by atoms with Gasteiger partial charge in [-0.15, -0.1) is 0 Å². The fourth-order valence-electron chi connectivity index (χ4n) is 2.61. The van der Waals surface area contributed by atoms with E-state index in [1.54, 1.807) is 0 Å². The van der Waals surface area contributed by atoms with Crippen LogP contribution >= 0.6 is 0 Å². The molecule has 0 spiro atoms. The van der Waals surface area contributed by atoms with E-state index in [0.717, 1.165) is 19.3 Å². The number of nitrogens with zero attached hydrogens (tertiary/aromatic N) is 1. The number of sulfone groups is 1. The normalized spacial score (nSPS) is 29.1. The third-order valence-corrected chi connectivity index (χ3v) is 6.40. The lowest BCUT2D eigenvalue weighted by Gasteiger charge is -2.31. The van der Waals surface area contributed by atoms with Crippen molar-refractivity contribution in [3.63, 3.8) is 0 Å². The van der Waals surface area contributed by atoms with Gasteiger partial charge in [0.1, 0.15) is 0 Å². The number of pyridine rings is 1. The molecule has 0 saturated heterocycles. The van der Waals surface area contributed by atoms with Gasteiger partial charge in [0, 0.05) is 6.20 Å². The molecule has 1 aromatic rings. The number of anilines is 1. The van der Waals surface area contributed by atoms with Gasteiger partial charge >= 0.3 is 0 Å². The van der Waals surface area contributed by atoms with Crippen LogP contribution in [0.1, 0.15) is 33.1 Å². The third-order valence-electron chi connectivity index (χ3n) is 4.11. The van der Waals surface area contributed by atoms with Crippen molar-refractivity contribution >= 4 is 15.5 Å². The average molecular weight is 268 g/mol. The van der Waals surface area contributed by atoms with Crippen LogP contribution in [-0.4, -0.2) is 18.7 Å². The third kappa shape index (κ3) is 2.36. The lowest BCUT2D eigenvalue weighted by molar-refractivity contribution is 0.278. The molecule has 1 aliphatic carbocycles. The van der Waals surface area contributed by atoms with Gasteiger partial charge in [-0.2, -0.15) is 0 Å². The highest BCUT2D eigenvalue weighted by atomic mass is 32.2. The summed E-state index contributed by atoms with van der Waals surface area (Å²) >= 11 is 0. The molecular weight excluding hydrogens is 248 g/mol. The van der Waals surface area contributed by atoms with Crippen LogP contribution in [0.5, 0.6) is 0 Å². The summed E-state index contributed by atoms with van der Waals surface area (Å²) in [5.74, 6) is 1.05. The molecule has 1 fully saturated rings. The van der Waals surface area contributed by atoms with E-state index in [2.05, 4.69) is 18.8 Å². The maximum Gasteiger partial charge on any atom is 0.183 e.